The number of rotatable bonds is 12. The Balaban J connectivity index is 1.38. The zero-order valence-electron chi connectivity index (χ0n) is 26.7. The lowest BCUT2D eigenvalue weighted by Crippen LogP contribution is -2.30. The van der Waals surface area contributed by atoms with Crippen molar-refractivity contribution in [2.75, 3.05) is 24.9 Å². The van der Waals surface area contributed by atoms with Crippen LogP contribution in [0.4, 0.5) is 11.4 Å². The van der Waals surface area contributed by atoms with Crippen LogP contribution >= 0.6 is 11.8 Å². The lowest BCUT2D eigenvalue weighted by Gasteiger charge is -2.19. The first-order valence-corrected chi connectivity index (χ1v) is 16.0. The number of nitrogens with one attached hydrogen (secondary N) is 3. The Morgan fingerprint density at radius 3 is 2.12 bits per heavy atom. The zero-order valence-corrected chi connectivity index (χ0v) is 27.5. The van der Waals surface area contributed by atoms with E-state index in [4.69, 9.17) is 9.47 Å². The molecule has 9 heteroatoms. The van der Waals surface area contributed by atoms with Gasteiger partial charge in [0.25, 0.3) is 11.8 Å². The molecule has 3 amide bonds. The van der Waals surface area contributed by atoms with Gasteiger partial charge in [0.15, 0.2) is 0 Å². The van der Waals surface area contributed by atoms with Crippen molar-refractivity contribution in [1.29, 1.82) is 0 Å². The molecular weight excluding hydrogens is 623 g/mol. The Kier molecular flexibility index (Phi) is 11.3. The van der Waals surface area contributed by atoms with Gasteiger partial charge in [-0.15, -0.1) is 11.8 Å². The normalized spacial score (nSPS) is 11.6. The highest BCUT2D eigenvalue weighted by Gasteiger charge is 2.24. The molecule has 8 nitrogen and oxygen atoms in total. The number of benzene rings is 5. The summed E-state index contributed by atoms with van der Waals surface area (Å²) in [6.45, 7) is 1.98. The number of methoxy groups -OCH3 is 2. The predicted octanol–water partition coefficient (Wildman–Crippen LogP) is 7.89. The summed E-state index contributed by atoms with van der Waals surface area (Å²) in [6.07, 6.45) is 1.64. The fraction of sp³-hybridized carbons (Fsp3) is 0.103. The largest absolute Gasteiger partial charge is 0.497 e. The second kappa shape index (κ2) is 16.2. The average molecular weight is 658 g/mol. The van der Waals surface area contributed by atoms with Crippen LogP contribution < -0.4 is 25.4 Å². The molecule has 5 rings (SSSR count). The molecule has 5 aromatic carbocycles. The highest BCUT2D eigenvalue weighted by Crippen LogP contribution is 2.38. The molecule has 0 aliphatic carbocycles. The summed E-state index contributed by atoms with van der Waals surface area (Å²) in [4.78, 5) is 41.2. The van der Waals surface area contributed by atoms with E-state index in [0.717, 1.165) is 21.6 Å². The molecular formula is C39H35N3O5S. The highest BCUT2D eigenvalue weighted by molar-refractivity contribution is 8.00. The number of amides is 3. The van der Waals surface area contributed by atoms with Crippen LogP contribution in [-0.2, 0) is 9.59 Å². The molecule has 5 aromatic rings. The minimum atomic E-state index is -0.643. The fourth-order valence-electron chi connectivity index (χ4n) is 4.76. The van der Waals surface area contributed by atoms with E-state index >= 15 is 0 Å². The molecule has 0 saturated carbocycles. The van der Waals surface area contributed by atoms with Crippen molar-refractivity contribution in [2.24, 2.45) is 0 Å². The van der Waals surface area contributed by atoms with Crippen LogP contribution in [0.15, 0.2) is 138 Å². The van der Waals surface area contributed by atoms with Crippen LogP contribution in [0.3, 0.4) is 0 Å². The van der Waals surface area contributed by atoms with Gasteiger partial charge in [0, 0.05) is 22.2 Å². The smallest absolute Gasteiger partial charge is 0.272 e. The maximum Gasteiger partial charge on any atom is 0.272 e. The van der Waals surface area contributed by atoms with Crippen molar-refractivity contribution in [3.05, 3.63) is 155 Å². The summed E-state index contributed by atoms with van der Waals surface area (Å²) in [5, 5.41) is 8.04. The first-order valence-electron chi connectivity index (χ1n) is 15.1. The van der Waals surface area contributed by atoms with Gasteiger partial charge in [-0.2, -0.15) is 0 Å². The summed E-state index contributed by atoms with van der Waals surface area (Å²) in [7, 11) is 3.09. The van der Waals surface area contributed by atoms with E-state index in [9.17, 15) is 14.4 Å². The van der Waals surface area contributed by atoms with Gasteiger partial charge in [0.1, 0.15) is 22.4 Å². The Morgan fingerprint density at radius 2 is 1.44 bits per heavy atom. The lowest BCUT2D eigenvalue weighted by atomic mass is 10.1. The van der Waals surface area contributed by atoms with Crippen molar-refractivity contribution in [1.82, 2.24) is 5.32 Å². The van der Waals surface area contributed by atoms with Crippen molar-refractivity contribution in [3.8, 4) is 11.5 Å². The molecule has 0 heterocycles. The van der Waals surface area contributed by atoms with Crippen LogP contribution in [0.5, 0.6) is 11.5 Å². The highest BCUT2D eigenvalue weighted by atomic mass is 32.2. The molecule has 0 spiro atoms. The zero-order chi connectivity index (χ0) is 33.9. The lowest BCUT2D eigenvalue weighted by molar-refractivity contribution is -0.116. The van der Waals surface area contributed by atoms with E-state index in [1.165, 1.54) is 18.9 Å². The number of carbonyl (C=O) groups excluding carboxylic acids is 3. The molecule has 1 unspecified atom stereocenters. The van der Waals surface area contributed by atoms with Gasteiger partial charge < -0.3 is 25.4 Å². The van der Waals surface area contributed by atoms with Crippen LogP contribution in [-0.4, -0.2) is 31.9 Å². The van der Waals surface area contributed by atoms with Gasteiger partial charge in [0.2, 0.25) is 5.91 Å². The summed E-state index contributed by atoms with van der Waals surface area (Å²) in [5.41, 5.74) is 4.11. The van der Waals surface area contributed by atoms with Gasteiger partial charge in [-0.1, -0.05) is 84.4 Å². The first kappa shape index (κ1) is 33.6. The Hall–Kier alpha value is -5.80. The number of thioether (sulfide) groups is 1. The Morgan fingerprint density at radius 1 is 0.729 bits per heavy atom. The summed E-state index contributed by atoms with van der Waals surface area (Å²) >= 11 is 1.33. The fourth-order valence-corrected chi connectivity index (χ4v) is 5.85. The molecule has 0 aliphatic rings. The Labute approximate surface area is 284 Å². The molecule has 1 atom stereocenters. The molecule has 3 N–H and O–H groups in total. The third-order valence-electron chi connectivity index (χ3n) is 7.27. The van der Waals surface area contributed by atoms with Crippen molar-refractivity contribution in [2.45, 2.75) is 17.1 Å². The third kappa shape index (κ3) is 8.92. The van der Waals surface area contributed by atoms with Crippen LogP contribution in [0, 0.1) is 6.92 Å². The van der Waals surface area contributed by atoms with E-state index in [1.54, 1.807) is 73.8 Å². The number of carbonyl (C=O) groups is 3. The number of anilines is 2. The molecule has 48 heavy (non-hydrogen) atoms. The van der Waals surface area contributed by atoms with Crippen LogP contribution in [0.2, 0.25) is 0 Å². The maximum absolute atomic E-state index is 13.8. The molecule has 0 fully saturated rings. The standard InChI is InChI=1S/C39H35N3O5S/c1-26-17-19-27(20-18-26)23-34(42-37(43)29-13-8-5-9-14-29)38(44)40-30-15-10-16-32(24-30)48-36(28-11-6-4-7-12-28)39(45)41-33-25-31(46-2)21-22-35(33)47-3/h4-25,36H,1-3H3,(H,40,44)(H,41,45)(H,42,43)/b34-23-. The molecule has 0 aromatic heterocycles. The second-order valence-electron chi connectivity index (χ2n) is 10.7. The third-order valence-corrected chi connectivity index (χ3v) is 8.52. The number of hydrogen-bond donors (Lipinski definition) is 3. The second-order valence-corrected chi connectivity index (χ2v) is 11.9. The Bertz CT molecular complexity index is 1910. The number of ether oxygens (including phenoxy) is 2. The summed E-state index contributed by atoms with van der Waals surface area (Å²) < 4.78 is 10.8. The van der Waals surface area contributed by atoms with Crippen LogP contribution in [0.1, 0.15) is 32.3 Å². The van der Waals surface area contributed by atoms with E-state index in [-0.39, 0.29) is 11.6 Å². The quantitative estimate of drug-likeness (QED) is 0.0931. The van der Waals surface area contributed by atoms with Gasteiger partial charge in [-0.05, 0) is 66.6 Å². The SMILES string of the molecule is COc1ccc(OC)c(NC(=O)C(Sc2cccc(NC(=O)/C(=C/c3ccc(C)cc3)NC(=O)c3ccccc3)c2)c2ccccc2)c1. The predicted molar refractivity (Wildman–Crippen MR) is 191 cm³/mol. The molecule has 0 radical (unpaired) electrons. The summed E-state index contributed by atoms with van der Waals surface area (Å²) in [5.74, 6) is -0.0878. The van der Waals surface area contributed by atoms with Gasteiger partial charge in [-0.25, -0.2) is 0 Å². The van der Waals surface area contributed by atoms with Gasteiger partial charge in [0.05, 0.1) is 19.9 Å². The van der Waals surface area contributed by atoms with E-state index in [1.807, 2.05) is 73.7 Å². The number of hydrogen-bond acceptors (Lipinski definition) is 6. The van der Waals surface area contributed by atoms with E-state index < -0.39 is 17.1 Å². The molecule has 0 bridgehead atoms. The van der Waals surface area contributed by atoms with Crippen molar-refractivity contribution >= 4 is 46.9 Å². The topological polar surface area (TPSA) is 106 Å². The minimum absolute atomic E-state index is 0.0829. The summed E-state index contributed by atoms with van der Waals surface area (Å²) in [6, 6.07) is 38.2. The van der Waals surface area contributed by atoms with E-state index in [0.29, 0.717) is 28.4 Å². The van der Waals surface area contributed by atoms with Crippen molar-refractivity contribution in [3.63, 3.8) is 0 Å². The van der Waals surface area contributed by atoms with E-state index in [2.05, 4.69) is 16.0 Å². The molecule has 0 saturated heterocycles. The molecule has 0 aliphatic heterocycles. The van der Waals surface area contributed by atoms with Crippen LogP contribution in [0.25, 0.3) is 6.08 Å². The first-order chi connectivity index (χ1) is 23.3. The maximum atomic E-state index is 13.8. The monoisotopic (exact) mass is 657 g/mol. The average Bonchev–Trinajstić information content (AvgIpc) is 3.12. The van der Waals surface area contributed by atoms with Crippen molar-refractivity contribution < 1.29 is 23.9 Å². The minimum Gasteiger partial charge on any atom is -0.497 e. The number of aryl methyl sites for hydroxylation is 1. The molecule has 242 valence electrons. The van der Waals surface area contributed by atoms with Gasteiger partial charge >= 0.3 is 0 Å². The van der Waals surface area contributed by atoms with Gasteiger partial charge in [-0.3, -0.25) is 14.4 Å².